The van der Waals surface area contributed by atoms with Gasteiger partial charge in [0.2, 0.25) is 0 Å². The smallest absolute Gasteiger partial charge is 0.337 e. The normalized spacial score (nSPS) is 9.87. The van der Waals surface area contributed by atoms with Crippen LogP contribution in [0.3, 0.4) is 0 Å². The van der Waals surface area contributed by atoms with Gasteiger partial charge >= 0.3 is 11.9 Å². The first-order valence-electron chi connectivity index (χ1n) is 8.78. The molecule has 4 rings (SSSR count). The number of aromatic carboxylic acids is 2. The van der Waals surface area contributed by atoms with E-state index in [0.29, 0.717) is 11.4 Å². The molecule has 0 bridgehead atoms. The van der Waals surface area contributed by atoms with E-state index in [1.807, 2.05) is 26.0 Å². The molecule has 2 aromatic carbocycles. The number of carboxylic acids is 2. The molecule has 10 heteroatoms. The molecule has 0 saturated carbocycles. The van der Waals surface area contributed by atoms with Gasteiger partial charge in [-0.1, -0.05) is 35.9 Å². The van der Waals surface area contributed by atoms with Crippen LogP contribution in [-0.4, -0.2) is 52.1 Å². The van der Waals surface area contributed by atoms with E-state index in [1.54, 1.807) is 30.5 Å². The fraction of sp³-hybridized carbons (Fsp3) is 0.143. The number of benzene rings is 2. The van der Waals surface area contributed by atoms with E-state index in [2.05, 4.69) is 20.5 Å². The van der Waals surface area contributed by atoms with Crippen molar-refractivity contribution in [1.29, 1.82) is 0 Å². The fourth-order valence-corrected chi connectivity index (χ4v) is 2.69. The maximum absolute atomic E-state index is 11.0. The molecular weight excluding hydrogens is 400 g/mol. The van der Waals surface area contributed by atoms with Gasteiger partial charge in [-0.05, 0) is 38.1 Å². The topological polar surface area (TPSA) is 136 Å². The molecule has 0 aliphatic heterocycles. The molecular formula is C21H22N6O4. The molecule has 0 fully saturated rings. The van der Waals surface area contributed by atoms with Crippen LogP contribution < -0.4 is 0 Å². The average Bonchev–Trinajstić information content (AvgIpc) is 3.42. The second kappa shape index (κ2) is 9.92. The lowest BCUT2D eigenvalue weighted by Crippen LogP contribution is -2.08. The number of carboxylic acid groups (broad SMARTS) is 2. The molecule has 0 saturated heterocycles. The molecule has 0 aliphatic rings. The Bertz CT molecular complexity index is 1080. The van der Waals surface area contributed by atoms with Gasteiger partial charge in [-0.15, -0.1) is 5.10 Å². The lowest BCUT2D eigenvalue weighted by Gasteiger charge is -2.05. The second-order valence-electron chi connectivity index (χ2n) is 6.32. The number of carbonyl (C=O) groups is 2. The first-order valence-corrected chi connectivity index (χ1v) is 8.78. The van der Waals surface area contributed by atoms with Crippen molar-refractivity contribution in [2.24, 2.45) is 0 Å². The van der Waals surface area contributed by atoms with E-state index >= 15 is 0 Å². The Morgan fingerprint density at radius 2 is 1.32 bits per heavy atom. The van der Waals surface area contributed by atoms with E-state index in [0.717, 1.165) is 11.1 Å². The van der Waals surface area contributed by atoms with Crippen molar-refractivity contribution in [3.63, 3.8) is 0 Å². The van der Waals surface area contributed by atoms with E-state index in [4.69, 9.17) is 10.2 Å². The molecule has 4 aromatic rings. The average molecular weight is 422 g/mol. The number of nitrogens with zero attached hydrogens (tertiary/aromatic N) is 6. The minimum Gasteiger partial charge on any atom is -0.478 e. The molecule has 0 atom stereocenters. The Labute approximate surface area is 178 Å². The molecule has 2 N–H and O–H groups in total. The van der Waals surface area contributed by atoms with Gasteiger partial charge in [0, 0.05) is 0 Å². The highest BCUT2D eigenvalue weighted by molar-refractivity contribution is 5.92. The van der Waals surface area contributed by atoms with Crippen LogP contribution >= 0.6 is 0 Å². The number of hydrogen-bond donors (Lipinski definition) is 2. The zero-order valence-electron chi connectivity index (χ0n) is 16.2. The summed E-state index contributed by atoms with van der Waals surface area (Å²) in [6.45, 7) is 3.68. The fourth-order valence-electron chi connectivity index (χ4n) is 2.69. The van der Waals surface area contributed by atoms with E-state index in [1.165, 1.54) is 28.1 Å². The summed E-state index contributed by atoms with van der Waals surface area (Å²) in [6, 6.07) is 10.3. The van der Waals surface area contributed by atoms with Crippen LogP contribution in [0.25, 0.3) is 11.4 Å². The molecule has 2 aromatic heterocycles. The largest absolute Gasteiger partial charge is 0.478 e. The van der Waals surface area contributed by atoms with Crippen LogP contribution in [0.2, 0.25) is 0 Å². The highest BCUT2D eigenvalue weighted by atomic mass is 16.4. The van der Waals surface area contributed by atoms with Gasteiger partial charge in [0.05, 0.1) is 41.6 Å². The Morgan fingerprint density at radius 3 is 1.81 bits per heavy atom. The molecule has 0 radical (unpaired) electrons. The molecule has 10 nitrogen and oxygen atoms in total. The predicted octanol–water partition coefficient (Wildman–Crippen LogP) is 3.18. The first-order chi connectivity index (χ1) is 14.4. The van der Waals surface area contributed by atoms with Gasteiger partial charge in [-0.3, -0.25) is 0 Å². The van der Waals surface area contributed by atoms with Crippen molar-refractivity contribution in [3.8, 4) is 11.4 Å². The minimum atomic E-state index is -0.981. The Hall–Kier alpha value is -4.34. The highest BCUT2D eigenvalue weighted by Gasteiger charge is 2.13. The Kier molecular flexibility index (Phi) is 7.34. The molecule has 0 unspecified atom stereocenters. The van der Waals surface area contributed by atoms with Crippen molar-refractivity contribution >= 4 is 11.9 Å². The van der Waals surface area contributed by atoms with Crippen molar-refractivity contribution < 1.29 is 19.8 Å². The van der Waals surface area contributed by atoms with Gasteiger partial charge < -0.3 is 10.2 Å². The van der Waals surface area contributed by atoms with Crippen molar-refractivity contribution in [2.45, 2.75) is 21.3 Å². The molecule has 0 spiro atoms. The van der Waals surface area contributed by atoms with E-state index in [-0.39, 0.29) is 18.6 Å². The zero-order valence-corrected chi connectivity index (χ0v) is 16.2. The van der Waals surface area contributed by atoms with Gasteiger partial charge in [-0.2, -0.15) is 15.0 Å². The number of hydrogen-bond acceptors (Lipinski definition) is 6. The third-order valence-electron chi connectivity index (χ3n) is 4.07. The number of rotatable bonds is 4. The third-order valence-corrected chi connectivity index (χ3v) is 4.07. The van der Waals surface area contributed by atoms with E-state index < -0.39 is 11.9 Å². The third kappa shape index (κ3) is 5.38. The van der Waals surface area contributed by atoms with Crippen LogP contribution in [0.5, 0.6) is 0 Å². The standard InChI is InChI=1S/2C10H9N3O2.CH4/c1-7-2-3-9(8(6-7)10(14)15)13-5-4-11-12-13;1-7-2-3-9(8(6-7)10(14)15)13-11-4-5-12-13;/h2*2-6H,1H3,(H,14,15);1H4. The number of aromatic nitrogens is 6. The molecule has 2 heterocycles. The lowest BCUT2D eigenvalue weighted by atomic mass is 10.1. The maximum Gasteiger partial charge on any atom is 0.337 e. The van der Waals surface area contributed by atoms with Crippen LogP contribution in [0.4, 0.5) is 0 Å². The second-order valence-corrected chi connectivity index (χ2v) is 6.32. The van der Waals surface area contributed by atoms with Gasteiger partial charge in [-0.25, -0.2) is 14.3 Å². The van der Waals surface area contributed by atoms with E-state index in [9.17, 15) is 9.59 Å². The van der Waals surface area contributed by atoms with Crippen LogP contribution in [0.1, 0.15) is 39.3 Å². The summed E-state index contributed by atoms with van der Waals surface area (Å²) >= 11 is 0. The van der Waals surface area contributed by atoms with Crippen molar-refractivity contribution in [2.75, 3.05) is 0 Å². The molecule has 0 aliphatic carbocycles. The minimum absolute atomic E-state index is 0. The SMILES string of the molecule is C.Cc1ccc(-n2ccnn2)c(C(=O)O)c1.Cc1ccc(-n2nccn2)c(C(=O)O)c1. The summed E-state index contributed by atoms with van der Waals surface area (Å²) in [7, 11) is 0. The molecule has 31 heavy (non-hydrogen) atoms. The summed E-state index contributed by atoms with van der Waals surface area (Å²) in [5.74, 6) is -1.95. The zero-order chi connectivity index (χ0) is 21.7. The van der Waals surface area contributed by atoms with Crippen molar-refractivity contribution in [1.82, 2.24) is 30.0 Å². The van der Waals surface area contributed by atoms with Gasteiger partial charge in [0.25, 0.3) is 0 Å². The maximum atomic E-state index is 11.0. The molecule has 160 valence electrons. The summed E-state index contributed by atoms with van der Waals surface area (Å²) < 4.78 is 1.43. The quantitative estimate of drug-likeness (QED) is 0.512. The van der Waals surface area contributed by atoms with Crippen molar-refractivity contribution in [3.05, 3.63) is 83.4 Å². The summed E-state index contributed by atoms with van der Waals surface area (Å²) in [5, 5.41) is 33.3. The summed E-state index contributed by atoms with van der Waals surface area (Å²) in [4.78, 5) is 23.3. The van der Waals surface area contributed by atoms with Gasteiger partial charge in [0.1, 0.15) is 5.69 Å². The van der Waals surface area contributed by atoms with Crippen LogP contribution in [0, 0.1) is 13.8 Å². The Morgan fingerprint density at radius 1 is 0.806 bits per heavy atom. The summed E-state index contributed by atoms with van der Waals surface area (Å²) in [6.07, 6.45) is 6.12. The first kappa shape index (κ1) is 22.9. The monoisotopic (exact) mass is 422 g/mol. The predicted molar refractivity (Wildman–Crippen MR) is 113 cm³/mol. The summed E-state index contributed by atoms with van der Waals surface area (Å²) in [5.41, 5.74) is 3.20. The molecule has 0 amide bonds. The van der Waals surface area contributed by atoms with Crippen LogP contribution in [-0.2, 0) is 0 Å². The van der Waals surface area contributed by atoms with Gasteiger partial charge in [0.15, 0.2) is 0 Å². The number of aryl methyl sites for hydroxylation is 2. The Balaban J connectivity index is 0.000000213. The lowest BCUT2D eigenvalue weighted by molar-refractivity contribution is 0.0685. The highest BCUT2D eigenvalue weighted by Crippen LogP contribution is 2.16. The van der Waals surface area contributed by atoms with Crippen LogP contribution in [0.15, 0.2) is 61.2 Å².